The molecule has 5 nitrogen and oxygen atoms in total. The molecule has 1 fully saturated rings. The van der Waals surface area contributed by atoms with Crippen molar-refractivity contribution in [1.82, 2.24) is 10.2 Å². The van der Waals surface area contributed by atoms with Crippen molar-refractivity contribution < 1.29 is 14.6 Å². The molecule has 22 heavy (non-hydrogen) atoms. The number of nitrogens with zero attached hydrogens (tertiary/aromatic N) is 1. The standard InChI is InChI=1S/C17H26N2O3/c1-12(2)17(13-4-6-15(22-3)7-5-13)18-16(21)11-19-9-8-14(20)10-19/h4-7,12,14,17,20H,8-11H2,1-3H3,(H,18,21)/t14-,17?/m1/s1. The number of methoxy groups -OCH3 is 1. The molecule has 0 spiro atoms. The van der Waals surface area contributed by atoms with E-state index in [1.807, 2.05) is 29.2 Å². The number of carbonyl (C=O) groups is 1. The molecule has 0 aliphatic carbocycles. The quantitative estimate of drug-likeness (QED) is 0.837. The van der Waals surface area contributed by atoms with E-state index in [9.17, 15) is 9.90 Å². The number of benzene rings is 1. The van der Waals surface area contributed by atoms with E-state index in [0.717, 1.165) is 24.3 Å². The maximum absolute atomic E-state index is 12.3. The molecule has 2 atom stereocenters. The Kier molecular flexibility index (Phi) is 5.80. The third-order valence-electron chi connectivity index (χ3n) is 4.07. The van der Waals surface area contributed by atoms with Gasteiger partial charge in [-0.05, 0) is 30.0 Å². The molecule has 1 aromatic rings. The number of hydrogen-bond acceptors (Lipinski definition) is 4. The first kappa shape index (κ1) is 16.8. The average Bonchev–Trinajstić information content (AvgIpc) is 2.89. The van der Waals surface area contributed by atoms with E-state index < -0.39 is 0 Å². The SMILES string of the molecule is COc1ccc(C(NC(=O)CN2CC[C@@H](O)C2)C(C)C)cc1. The third kappa shape index (κ3) is 4.45. The summed E-state index contributed by atoms with van der Waals surface area (Å²) >= 11 is 0. The van der Waals surface area contributed by atoms with Gasteiger partial charge in [-0.3, -0.25) is 9.69 Å². The van der Waals surface area contributed by atoms with Gasteiger partial charge >= 0.3 is 0 Å². The molecule has 5 heteroatoms. The topological polar surface area (TPSA) is 61.8 Å². The molecule has 2 N–H and O–H groups in total. The van der Waals surface area contributed by atoms with Crippen molar-refractivity contribution in [2.75, 3.05) is 26.7 Å². The molecule has 1 unspecified atom stereocenters. The van der Waals surface area contributed by atoms with Crippen LogP contribution in [0.4, 0.5) is 0 Å². The van der Waals surface area contributed by atoms with Gasteiger partial charge in [-0.15, -0.1) is 0 Å². The van der Waals surface area contributed by atoms with E-state index in [1.54, 1.807) is 7.11 Å². The zero-order chi connectivity index (χ0) is 16.1. The lowest BCUT2D eigenvalue weighted by atomic mass is 9.96. The van der Waals surface area contributed by atoms with E-state index in [1.165, 1.54) is 0 Å². The van der Waals surface area contributed by atoms with Gasteiger partial charge in [-0.25, -0.2) is 0 Å². The minimum Gasteiger partial charge on any atom is -0.497 e. The summed E-state index contributed by atoms with van der Waals surface area (Å²) < 4.78 is 5.17. The number of amides is 1. The molecule has 1 amide bonds. The Balaban J connectivity index is 1.97. The fraction of sp³-hybridized carbons (Fsp3) is 0.588. The van der Waals surface area contributed by atoms with Gasteiger partial charge in [-0.1, -0.05) is 26.0 Å². The van der Waals surface area contributed by atoms with Gasteiger partial charge in [0.25, 0.3) is 0 Å². The number of rotatable bonds is 6. The maximum atomic E-state index is 12.3. The number of aliphatic hydroxyl groups is 1. The molecule has 0 saturated carbocycles. The van der Waals surface area contributed by atoms with Gasteiger partial charge in [0.15, 0.2) is 0 Å². The lowest BCUT2D eigenvalue weighted by molar-refractivity contribution is -0.123. The summed E-state index contributed by atoms with van der Waals surface area (Å²) in [7, 11) is 1.64. The highest BCUT2D eigenvalue weighted by Gasteiger charge is 2.24. The van der Waals surface area contributed by atoms with Crippen molar-refractivity contribution in [3.8, 4) is 5.75 Å². The number of ether oxygens (including phenoxy) is 1. The number of likely N-dealkylation sites (tertiary alicyclic amines) is 1. The van der Waals surface area contributed by atoms with Gasteiger partial charge in [-0.2, -0.15) is 0 Å². The predicted octanol–water partition coefficient (Wildman–Crippen LogP) is 1.58. The fourth-order valence-electron chi connectivity index (χ4n) is 2.82. The van der Waals surface area contributed by atoms with Crippen LogP contribution in [0.5, 0.6) is 5.75 Å². The van der Waals surface area contributed by atoms with Crippen LogP contribution in [-0.4, -0.2) is 48.8 Å². The van der Waals surface area contributed by atoms with E-state index >= 15 is 0 Å². The lowest BCUT2D eigenvalue weighted by Gasteiger charge is -2.24. The zero-order valence-corrected chi connectivity index (χ0v) is 13.6. The van der Waals surface area contributed by atoms with Crippen molar-refractivity contribution in [1.29, 1.82) is 0 Å². The molecule has 1 heterocycles. The number of β-amino-alcohol motifs (C(OH)–C–C–N with tert-alkyl or cyclic N) is 1. The molecule has 0 bridgehead atoms. The van der Waals surface area contributed by atoms with Crippen molar-refractivity contribution in [2.24, 2.45) is 5.92 Å². The Morgan fingerprint density at radius 2 is 2.09 bits per heavy atom. The Hall–Kier alpha value is -1.59. The van der Waals surface area contributed by atoms with E-state index in [2.05, 4.69) is 19.2 Å². The van der Waals surface area contributed by atoms with Crippen LogP contribution in [0.2, 0.25) is 0 Å². The second-order valence-electron chi connectivity index (χ2n) is 6.24. The third-order valence-corrected chi connectivity index (χ3v) is 4.07. The second-order valence-corrected chi connectivity index (χ2v) is 6.24. The Morgan fingerprint density at radius 1 is 1.41 bits per heavy atom. The lowest BCUT2D eigenvalue weighted by Crippen LogP contribution is -2.39. The monoisotopic (exact) mass is 306 g/mol. The summed E-state index contributed by atoms with van der Waals surface area (Å²) in [6.07, 6.45) is 0.453. The minimum atomic E-state index is -0.296. The van der Waals surface area contributed by atoms with E-state index in [0.29, 0.717) is 19.0 Å². The van der Waals surface area contributed by atoms with Crippen LogP contribution in [0, 0.1) is 5.92 Å². The van der Waals surface area contributed by atoms with E-state index in [4.69, 9.17) is 4.74 Å². The minimum absolute atomic E-state index is 0.00335. The summed E-state index contributed by atoms with van der Waals surface area (Å²) in [6, 6.07) is 7.78. The smallest absolute Gasteiger partial charge is 0.234 e. The van der Waals surface area contributed by atoms with Gasteiger partial charge in [0, 0.05) is 13.1 Å². The first-order valence-corrected chi connectivity index (χ1v) is 7.83. The number of aliphatic hydroxyl groups excluding tert-OH is 1. The molecule has 1 aliphatic rings. The van der Waals surface area contributed by atoms with Crippen molar-refractivity contribution in [3.05, 3.63) is 29.8 Å². The Morgan fingerprint density at radius 3 is 2.59 bits per heavy atom. The van der Waals surface area contributed by atoms with Crippen LogP contribution in [0.1, 0.15) is 31.9 Å². The van der Waals surface area contributed by atoms with Gasteiger partial charge < -0.3 is 15.2 Å². The Labute approximate surface area is 132 Å². The largest absolute Gasteiger partial charge is 0.497 e. The molecule has 2 rings (SSSR count). The van der Waals surface area contributed by atoms with Crippen molar-refractivity contribution >= 4 is 5.91 Å². The molecule has 1 aliphatic heterocycles. The molecule has 122 valence electrons. The summed E-state index contributed by atoms with van der Waals surface area (Å²) in [5.41, 5.74) is 1.07. The average molecular weight is 306 g/mol. The number of carbonyl (C=O) groups excluding carboxylic acids is 1. The summed E-state index contributed by atoms with van der Waals surface area (Å²) in [6.45, 7) is 5.89. The maximum Gasteiger partial charge on any atom is 0.234 e. The first-order chi connectivity index (χ1) is 10.5. The molecular formula is C17H26N2O3. The highest BCUT2D eigenvalue weighted by atomic mass is 16.5. The van der Waals surface area contributed by atoms with Crippen LogP contribution >= 0.6 is 0 Å². The summed E-state index contributed by atoms with van der Waals surface area (Å²) in [4.78, 5) is 14.2. The van der Waals surface area contributed by atoms with Crippen LogP contribution in [0.3, 0.4) is 0 Å². The molecule has 1 aromatic carbocycles. The molecule has 1 saturated heterocycles. The fourth-order valence-corrected chi connectivity index (χ4v) is 2.82. The number of nitrogens with one attached hydrogen (secondary N) is 1. The van der Waals surface area contributed by atoms with Crippen LogP contribution < -0.4 is 10.1 Å². The normalized spacial score (nSPS) is 20.1. The highest BCUT2D eigenvalue weighted by Crippen LogP contribution is 2.24. The molecule has 0 aromatic heterocycles. The molecule has 0 radical (unpaired) electrons. The van der Waals surface area contributed by atoms with Gasteiger partial charge in [0.05, 0.1) is 25.8 Å². The van der Waals surface area contributed by atoms with Crippen molar-refractivity contribution in [3.63, 3.8) is 0 Å². The van der Waals surface area contributed by atoms with Crippen molar-refractivity contribution in [2.45, 2.75) is 32.4 Å². The molecular weight excluding hydrogens is 280 g/mol. The zero-order valence-electron chi connectivity index (χ0n) is 13.6. The predicted molar refractivity (Wildman–Crippen MR) is 85.8 cm³/mol. The van der Waals surface area contributed by atoms with Crippen LogP contribution in [-0.2, 0) is 4.79 Å². The van der Waals surface area contributed by atoms with Gasteiger partial charge in [0.2, 0.25) is 5.91 Å². The summed E-state index contributed by atoms with van der Waals surface area (Å²) in [5.74, 6) is 1.11. The Bertz CT molecular complexity index is 487. The van der Waals surface area contributed by atoms with Crippen LogP contribution in [0.25, 0.3) is 0 Å². The van der Waals surface area contributed by atoms with Gasteiger partial charge in [0.1, 0.15) is 5.75 Å². The highest BCUT2D eigenvalue weighted by molar-refractivity contribution is 5.78. The summed E-state index contributed by atoms with van der Waals surface area (Å²) in [5, 5.41) is 12.6. The first-order valence-electron chi connectivity index (χ1n) is 7.83. The van der Waals surface area contributed by atoms with Crippen LogP contribution in [0.15, 0.2) is 24.3 Å². The number of hydrogen-bond donors (Lipinski definition) is 2. The second kappa shape index (κ2) is 7.61. The van der Waals surface area contributed by atoms with E-state index in [-0.39, 0.29) is 18.1 Å².